The van der Waals surface area contributed by atoms with E-state index in [1.54, 1.807) is 6.08 Å². The van der Waals surface area contributed by atoms with Crippen LogP contribution in [0.1, 0.15) is 162 Å². The van der Waals surface area contributed by atoms with Gasteiger partial charge in [0.05, 0.1) is 12.7 Å². The van der Waals surface area contributed by atoms with E-state index in [2.05, 4.69) is 35.8 Å². The van der Waals surface area contributed by atoms with Gasteiger partial charge in [-0.25, -0.2) is 9.13 Å². The molecule has 0 bridgehead atoms. The number of allylic oxidation sites excluding steroid dienone is 14. The van der Waals surface area contributed by atoms with Crippen molar-refractivity contribution in [3.05, 3.63) is 97.2 Å². The lowest BCUT2D eigenvalue weighted by Crippen LogP contribution is -2.64. The minimum absolute atomic E-state index is 0.0104. The van der Waals surface area contributed by atoms with Gasteiger partial charge in [-0.2, -0.15) is 0 Å². The minimum Gasteiger partial charge on any atom is -0.462 e. The lowest BCUT2D eigenvalue weighted by Gasteiger charge is -2.43. The molecule has 0 aliphatic heterocycles. The highest BCUT2D eigenvalue weighted by Gasteiger charge is 2.54. The fourth-order valence-corrected chi connectivity index (χ4v) is 8.76. The summed E-state index contributed by atoms with van der Waals surface area (Å²) in [5.41, 5.74) is 0. The molecule has 0 aromatic carbocycles. The first kappa shape index (κ1) is 66.9. The Morgan fingerprint density at radius 2 is 1.04 bits per heavy atom. The van der Waals surface area contributed by atoms with Crippen molar-refractivity contribution in [3.63, 3.8) is 0 Å². The maximum atomic E-state index is 13.0. The number of phosphoric acid groups is 2. The summed E-state index contributed by atoms with van der Waals surface area (Å²) in [7, 11) is -10.7. The lowest BCUT2D eigenvalue weighted by atomic mass is 9.85. The number of unbranched alkanes of at least 4 members (excludes halogenated alkanes) is 12. The van der Waals surface area contributed by atoms with Crippen molar-refractivity contribution in [1.82, 2.24) is 0 Å². The zero-order valence-electron chi connectivity index (χ0n) is 42.7. The van der Waals surface area contributed by atoms with E-state index >= 15 is 0 Å². The van der Waals surface area contributed by atoms with Gasteiger partial charge >= 0.3 is 27.6 Å². The van der Waals surface area contributed by atoms with E-state index in [1.807, 2.05) is 73.8 Å². The summed E-state index contributed by atoms with van der Waals surface area (Å²) in [6.45, 7) is 2.82. The van der Waals surface area contributed by atoms with Crippen LogP contribution in [0, 0.1) is 0 Å². The van der Waals surface area contributed by atoms with E-state index in [-0.39, 0.29) is 12.8 Å². The number of phosphoric ester groups is 2. The summed E-state index contributed by atoms with van der Waals surface area (Å²) in [5.74, 6) is -1.34. The van der Waals surface area contributed by atoms with Gasteiger partial charge in [0.2, 0.25) is 0 Å². The second-order valence-electron chi connectivity index (χ2n) is 17.7. The second-order valence-corrected chi connectivity index (χ2v) is 20.3. The Bertz CT molecular complexity index is 1770. The van der Waals surface area contributed by atoms with Gasteiger partial charge in [-0.1, -0.05) is 169 Å². The van der Waals surface area contributed by atoms with Gasteiger partial charge in [0.15, 0.2) is 6.10 Å². The number of carbonyl (C=O) groups is 2. The molecule has 412 valence electrons. The zero-order chi connectivity index (χ0) is 53.3. The molecule has 1 saturated carbocycles. The third-order valence-corrected chi connectivity index (χ3v) is 12.7. The van der Waals surface area contributed by atoms with Crippen molar-refractivity contribution >= 4 is 27.6 Å². The number of hydrogen-bond acceptors (Lipinski definition) is 14. The monoisotopic (exact) mass is 1060 g/mol. The predicted octanol–water partition coefficient (Wildman–Crippen LogP) is 9.70. The van der Waals surface area contributed by atoms with Crippen LogP contribution in [0.25, 0.3) is 0 Å². The van der Waals surface area contributed by atoms with Crippen LogP contribution in [0.4, 0.5) is 0 Å². The molecule has 0 heterocycles. The van der Waals surface area contributed by atoms with Gasteiger partial charge in [-0.05, 0) is 77.0 Å². The summed E-state index contributed by atoms with van der Waals surface area (Å²) in [6, 6.07) is 0. The summed E-state index contributed by atoms with van der Waals surface area (Å²) in [4.78, 5) is 54.4. The minimum atomic E-state index is -5.38. The van der Waals surface area contributed by atoms with Crippen molar-refractivity contribution in [2.24, 2.45) is 0 Å². The predicted molar refractivity (Wildman–Crippen MR) is 279 cm³/mol. The van der Waals surface area contributed by atoms with Crippen molar-refractivity contribution in [1.29, 1.82) is 0 Å². The van der Waals surface area contributed by atoms with E-state index in [4.69, 9.17) is 18.5 Å². The molecule has 0 aromatic heterocycles. The molecule has 1 aliphatic carbocycles. The van der Waals surface area contributed by atoms with Crippen molar-refractivity contribution in [3.8, 4) is 0 Å². The lowest BCUT2D eigenvalue weighted by molar-refractivity contribution is -0.216. The molecule has 0 saturated heterocycles. The molecule has 1 aliphatic rings. The Kier molecular flexibility index (Phi) is 39.2. The molecule has 0 spiro atoms. The Labute approximate surface area is 429 Å². The summed E-state index contributed by atoms with van der Waals surface area (Å²) in [6.07, 6.45) is 36.9. The maximum Gasteiger partial charge on any atom is 0.472 e. The van der Waals surface area contributed by atoms with Crippen LogP contribution >= 0.6 is 15.6 Å². The Balaban J connectivity index is 2.61. The number of ether oxygens (including phenoxy) is 2. The number of rotatable bonds is 42. The van der Waals surface area contributed by atoms with Gasteiger partial charge < -0.3 is 49.7 Å². The Hall–Kier alpha value is -3.12. The highest BCUT2D eigenvalue weighted by Crippen LogP contribution is 2.49. The molecule has 0 aromatic rings. The second kappa shape index (κ2) is 42.1. The fourth-order valence-electron chi connectivity index (χ4n) is 7.22. The Morgan fingerprint density at radius 1 is 0.528 bits per heavy atom. The maximum absolute atomic E-state index is 13.0. The third-order valence-electron chi connectivity index (χ3n) is 11.2. The largest absolute Gasteiger partial charge is 0.472 e. The number of carbonyl (C=O) groups excluding carboxylic acids is 2. The fraction of sp³-hybridized carbons (Fsp3) is 0.660. The molecule has 0 amide bonds. The van der Waals surface area contributed by atoms with Crippen LogP contribution in [0.5, 0.6) is 0 Å². The van der Waals surface area contributed by atoms with Crippen LogP contribution in [-0.4, -0.2) is 114 Å². The number of aliphatic hydroxyl groups is 5. The van der Waals surface area contributed by atoms with Crippen molar-refractivity contribution in [2.75, 3.05) is 13.2 Å². The molecule has 1 fully saturated rings. The van der Waals surface area contributed by atoms with Crippen molar-refractivity contribution in [2.45, 2.75) is 210 Å². The van der Waals surface area contributed by atoms with E-state index in [0.717, 1.165) is 70.6 Å². The molecule has 0 radical (unpaired) electrons. The number of hydrogen-bond donors (Lipinski definition) is 8. The van der Waals surface area contributed by atoms with E-state index in [0.29, 0.717) is 25.7 Å². The van der Waals surface area contributed by atoms with Gasteiger partial charge in [-0.3, -0.25) is 23.2 Å². The molecule has 8 N–H and O–H groups in total. The van der Waals surface area contributed by atoms with Crippen LogP contribution in [0.2, 0.25) is 0 Å². The van der Waals surface area contributed by atoms with Gasteiger partial charge in [0.25, 0.3) is 0 Å². The molecular formula is C53H88O17P2. The van der Waals surface area contributed by atoms with E-state index in [9.17, 15) is 58.9 Å². The number of aliphatic hydroxyl groups excluding tert-OH is 5. The molecule has 72 heavy (non-hydrogen) atoms. The smallest absolute Gasteiger partial charge is 0.462 e. The van der Waals surface area contributed by atoms with Crippen LogP contribution in [0.15, 0.2) is 97.2 Å². The average Bonchev–Trinajstić information content (AvgIpc) is 3.33. The normalized spacial score (nSPS) is 22.0. The van der Waals surface area contributed by atoms with Gasteiger partial charge in [-0.15, -0.1) is 0 Å². The molecule has 1 rings (SSSR count). The topological polar surface area (TPSA) is 276 Å². The zero-order valence-corrected chi connectivity index (χ0v) is 44.5. The average molecular weight is 1060 g/mol. The van der Waals surface area contributed by atoms with Crippen LogP contribution in [0.3, 0.4) is 0 Å². The van der Waals surface area contributed by atoms with Gasteiger partial charge in [0, 0.05) is 12.8 Å². The third kappa shape index (κ3) is 35.9. The van der Waals surface area contributed by atoms with Crippen LogP contribution < -0.4 is 0 Å². The highest BCUT2D eigenvalue weighted by molar-refractivity contribution is 7.47. The molecule has 17 nitrogen and oxygen atoms in total. The Morgan fingerprint density at radius 3 is 1.61 bits per heavy atom. The molecular weight excluding hydrogens is 971 g/mol. The molecule has 9 atom stereocenters. The van der Waals surface area contributed by atoms with Gasteiger partial charge in [0.1, 0.15) is 43.2 Å². The number of esters is 2. The summed E-state index contributed by atoms with van der Waals surface area (Å²) in [5, 5.41) is 51.2. The van der Waals surface area contributed by atoms with E-state index in [1.165, 1.54) is 38.5 Å². The molecule has 6 unspecified atom stereocenters. The summed E-state index contributed by atoms with van der Waals surface area (Å²) < 4.78 is 49.4. The summed E-state index contributed by atoms with van der Waals surface area (Å²) >= 11 is 0. The quantitative estimate of drug-likeness (QED) is 0.00928. The first-order valence-electron chi connectivity index (χ1n) is 25.9. The van der Waals surface area contributed by atoms with E-state index < -0.39 is 89.6 Å². The SMILES string of the molecule is CC/C=C\CC(O)/C=C/C=C/C/C=C\C/C=C\C/C=C\CCC(=O)OC[C@H](COP(=O)(O)O[C@H]1C(O)C(O)C(O)[C@@H](OP(=O)(O)O)C1O)OC(=O)CCCCCCCCCCC/C=C\C/C=C\CCCCC. The van der Waals surface area contributed by atoms with Crippen molar-refractivity contribution < 1.29 is 82.0 Å². The highest BCUT2D eigenvalue weighted by atomic mass is 31.2. The van der Waals surface area contributed by atoms with Crippen LogP contribution in [-0.2, 0) is 41.8 Å². The molecule has 19 heteroatoms. The first-order chi connectivity index (χ1) is 34.5. The first-order valence-corrected chi connectivity index (χ1v) is 28.9. The standard InChI is InChI=1S/C53H88O17P2/c1-3-5-7-8-9-10-11-12-13-14-15-16-17-20-24-27-30-33-37-41-47(56)68-45(43-67-72(64,65)70-53-50(59)48(57)49(58)52(51(53)60)69-71(61,62)63)42-66-46(55)40-36-32-29-26-23-21-18-19-22-25-28-31-35-39-44(54)38-34-6-4-2/h6,9-10,12-13,19,21-23,28-29,31-32,34-35,39,44-45,48-54,57-60H,3-5,7-8,11,14-18,20,24-27,30,33,36-38,40-43H2,1-2H3,(H,64,65)(H2,61,62,63)/b10-9-,13-12-,22-19-,23-21-,31-28+,32-29-,34-6-,39-35+/t44?,45-,48?,49?,50?,51?,52-,53+/m1/s1.